The molecular formula is C27H31NO3S. The van der Waals surface area contributed by atoms with Crippen LogP contribution in [0.25, 0.3) is 0 Å². The lowest BCUT2D eigenvalue weighted by Crippen LogP contribution is -2.34. The Hall–Kier alpha value is -2.76. The van der Waals surface area contributed by atoms with Gasteiger partial charge in [-0.05, 0) is 51.0 Å². The summed E-state index contributed by atoms with van der Waals surface area (Å²) in [5, 5.41) is 0. The highest BCUT2D eigenvalue weighted by Crippen LogP contribution is 2.31. The van der Waals surface area contributed by atoms with Crippen molar-refractivity contribution in [2.24, 2.45) is 0 Å². The van der Waals surface area contributed by atoms with E-state index >= 15 is 0 Å². The molecule has 2 atom stereocenters. The zero-order valence-corrected chi connectivity index (χ0v) is 20.0. The number of ether oxygens (including phenoxy) is 1. The summed E-state index contributed by atoms with van der Waals surface area (Å²) in [6.45, 7) is 8.01. The SMILES string of the molecule is Cc1ccc(S(=O)N(Cc2ccccc2)[C@H](CC(=O)OC(C)(C)C)c2ccccc2)cc1. The van der Waals surface area contributed by atoms with Crippen molar-refractivity contribution in [3.8, 4) is 0 Å². The predicted molar refractivity (Wildman–Crippen MR) is 129 cm³/mol. The van der Waals surface area contributed by atoms with Gasteiger partial charge in [-0.3, -0.25) is 4.79 Å². The Labute approximate surface area is 193 Å². The summed E-state index contributed by atoms with van der Waals surface area (Å²) in [5.74, 6) is -0.315. The van der Waals surface area contributed by atoms with Gasteiger partial charge >= 0.3 is 5.97 Å². The quantitative estimate of drug-likeness (QED) is 0.397. The third kappa shape index (κ3) is 6.87. The normalized spacial score (nSPS) is 13.5. The van der Waals surface area contributed by atoms with E-state index in [1.54, 1.807) is 0 Å². The number of esters is 1. The van der Waals surface area contributed by atoms with E-state index < -0.39 is 22.6 Å². The molecule has 0 spiro atoms. The van der Waals surface area contributed by atoms with Gasteiger partial charge in [-0.15, -0.1) is 0 Å². The summed E-state index contributed by atoms with van der Waals surface area (Å²) in [6, 6.07) is 26.9. The number of carbonyl (C=O) groups is 1. The van der Waals surface area contributed by atoms with E-state index in [0.29, 0.717) is 11.4 Å². The maximum atomic E-state index is 13.8. The van der Waals surface area contributed by atoms with Gasteiger partial charge in [0.05, 0.1) is 17.4 Å². The number of hydrogen-bond acceptors (Lipinski definition) is 3. The summed E-state index contributed by atoms with van der Waals surface area (Å²) in [7, 11) is -1.47. The van der Waals surface area contributed by atoms with Crippen LogP contribution in [0.4, 0.5) is 0 Å². The van der Waals surface area contributed by atoms with Crippen LogP contribution in [0.1, 0.15) is 49.9 Å². The molecule has 0 N–H and O–H groups in total. The lowest BCUT2D eigenvalue weighted by Gasteiger charge is -2.31. The Morgan fingerprint density at radius 3 is 2.03 bits per heavy atom. The molecule has 0 saturated heterocycles. The highest BCUT2D eigenvalue weighted by Gasteiger charge is 2.30. The van der Waals surface area contributed by atoms with Gasteiger partial charge in [0.25, 0.3) is 0 Å². The molecule has 3 rings (SSSR count). The van der Waals surface area contributed by atoms with Gasteiger partial charge in [0, 0.05) is 6.54 Å². The van der Waals surface area contributed by atoms with Gasteiger partial charge in [-0.1, -0.05) is 78.4 Å². The molecule has 0 saturated carbocycles. The number of carbonyl (C=O) groups excluding carboxylic acids is 1. The van der Waals surface area contributed by atoms with E-state index in [0.717, 1.165) is 16.7 Å². The molecule has 0 bridgehead atoms. The second-order valence-corrected chi connectivity index (χ2v) is 10.3. The molecule has 3 aromatic rings. The molecule has 0 amide bonds. The molecule has 4 nitrogen and oxygen atoms in total. The first-order valence-corrected chi connectivity index (χ1v) is 11.9. The van der Waals surface area contributed by atoms with Crippen molar-refractivity contribution in [2.45, 2.75) is 57.2 Å². The van der Waals surface area contributed by atoms with E-state index in [-0.39, 0.29) is 12.4 Å². The first-order chi connectivity index (χ1) is 15.2. The molecule has 1 unspecified atom stereocenters. The summed E-state index contributed by atoms with van der Waals surface area (Å²) >= 11 is 0. The molecule has 3 aromatic carbocycles. The average molecular weight is 450 g/mol. The summed E-state index contributed by atoms with van der Waals surface area (Å²) in [4.78, 5) is 13.6. The van der Waals surface area contributed by atoms with Gasteiger partial charge in [-0.2, -0.15) is 0 Å². The van der Waals surface area contributed by atoms with Gasteiger partial charge in [0.1, 0.15) is 16.6 Å². The maximum Gasteiger partial charge on any atom is 0.308 e. The van der Waals surface area contributed by atoms with Crippen LogP contribution in [-0.2, 0) is 27.1 Å². The third-order valence-electron chi connectivity index (χ3n) is 4.93. The first-order valence-electron chi connectivity index (χ1n) is 10.8. The van der Waals surface area contributed by atoms with Crippen LogP contribution in [0.15, 0.2) is 89.8 Å². The number of nitrogens with zero attached hydrogens (tertiary/aromatic N) is 1. The molecule has 32 heavy (non-hydrogen) atoms. The Morgan fingerprint density at radius 1 is 0.906 bits per heavy atom. The largest absolute Gasteiger partial charge is 0.460 e. The van der Waals surface area contributed by atoms with Crippen molar-refractivity contribution in [1.82, 2.24) is 4.31 Å². The standard InChI is InChI=1S/C27H31NO3S/c1-21-15-17-24(18-16-21)32(30)28(20-22-11-7-5-8-12-22)25(23-13-9-6-10-14-23)19-26(29)31-27(2,3)4/h5-18,25H,19-20H2,1-4H3/t25-,32?/m1/s1. The Balaban J connectivity index is 2.02. The predicted octanol–water partition coefficient (Wildman–Crippen LogP) is 5.99. The number of aryl methyl sites for hydroxylation is 1. The second-order valence-electron chi connectivity index (χ2n) is 8.84. The third-order valence-corrected chi connectivity index (χ3v) is 6.41. The van der Waals surface area contributed by atoms with Crippen LogP contribution in [0, 0.1) is 6.92 Å². The van der Waals surface area contributed by atoms with Crippen LogP contribution in [0.5, 0.6) is 0 Å². The van der Waals surface area contributed by atoms with E-state index in [1.165, 1.54) is 0 Å². The highest BCUT2D eigenvalue weighted by molar-refractivity contribution is 7.82. The summed E-state index contributed by atoms with van der Waals surface area (Å²) < 4.78 is 21.3. The van der Waals surface area contributed by atoms with Crippen molar-refractivity contribution in [3.63, 3.8) is 0 Å². The molecule has 0 radical (unpaired) electrons. The van der Waals surface area contributed by atoms with Crippen LogP contribution in [0.3, 0.4) is 0 Å². The van der Waals surface area contributed by atoms with Crippen LogP contribution < -0.4 is 0 Å². The monoisotopic (exact) mass is 449 g/mol. The minimum Gasteiger partial charge on any atom is -0.460 e. The van der Waals surface area contributed by atoms with Gasteiger partial charge in [-0.25, -0.2) is 8.51 Å². The molecular weight excluding hydrogens is 418 g/mol. The Morgan fingerprint density at radius 2 is 1.47 bits per heavy atom. The van der Waals surface area contributed by atoms with Gasteiger partial charge in [0.2, 0.25) is 0 Å². The van der Waals surface area contributed by atoms with E-state index in [2.05, 4.69) is 0 Å². The highest BCUT2D eigenvalue weighted by atomic mass is 32.2. The van der Waals surface area contributed by atoms with Gasteiger partial charge in [0.15, 0.2) is 0 Å². The second kappa shape index (κ2) is 10.7. The molecule has 0 aliphatic carbocycles. The molecule has 0 heterocycles. The molecule has 0 aliphatic rings. The minimum atomic E-state index is -1.47. The van der Waals surface area contributed by atoms with Crippen LogP contribution in [-0.4, -0.2) is 20.1 Å². The zero-order valence-electron chi connectivity index (χ0n) is 19.2. The summed E-state index contributed by atoms with van der Waals surface area (Å²) in [6.07, 6.45) is 0.103. The van der Waals surface area contributed by atoms with Gasteiger partial charge < -0.3 is 4.74 Å². The van der Waals surface area contributed by atoms with E-state index in [9.17, 15) is 9.00 Å². The number of benzene rings is 3. The Bertz CT molecular complexity index is 1030. The molecule has 5 heteroatoms. The van der Waals surface area contributed by atoms with Crippen molar-refractivity contribution in [1.29, 1.82) is 0 Å². The van der Waals surface area contributed by atoms with E-state index in [1.807, 2.05) is 117 Å². The van der Waals surface area contributed by atoms with Crippen molar-refractivity contribution < 1.29 is 13.7 Å². The summed E-state index contributed by atoms with van der Waals surface area (Å²) in [5.41, 5.74) is 2.47. The van der Waals surface area contributed by atoms with E-state index in [4.69, 9.17) is 4.74 Å². The lowest BCUT2D eigenvalue weighted by atomic mass is 10.0. The van der Waals surface area contributed by atoms with Crippen molar-refractivity contribution in [3.05, 3.63) is 102 Å². The molecule has 0 aromatic heterocycles. The van der Waals surface area contributed by atoms with Crippen molar-refractivity contribution in [2.75, 3.05) is 0 Å². The Kier molecular flexibility index (Phi) is 7.99. The van der Waals surface area contributed by atoms with Crippen LogP contribution in [0.2, 0.25) is 0 Å². The smallest absolute Gasteiger partial charge is 0.308 e. The first kappa shape index (κ1) is 23.9. The maximum absolute atomic E-state index is 13.8. The fraction of sp³-hybridized carbons (Fsp3) is 0.296. The molecule has 168 valence electrons. The zero-order chi connectivity index (χ0) is 23.1. The topological polar surface area (TPSA) is 46.6 Å². The molecule has 0 aliphatic heterocycles. The fourth-order valence-electron chi connectivity index (χ4n) is 3.44. The number of rotatable bonds is 8. The lowest BCUT2D eigenvalue weighted by molar-refractivity contribution is -0.156. The van der Waals surface area contributed by atoms with Crippen LogP contribution >= 0.6 is 0 Å². The van der Waals surface area contributed by atoms with Crippen molar-refractivity contribution >= 4 is 17.0 Å². The fourth-order valence-corrected chi connectivity index (χ4v) is 4.77. The minimum absolute atomic E-state index is 0.103. The number of hydrogen-bond donors (Lipinski definition) is 0. The molecule has 0 fully saturated rings. The average Bonchev–Trinajstić information content (AvgIpc) is 2.76.